The van der Waals surface area contributed by atoms with Crippen LogP contribution in [-0.2, 0) is 4.79 Å². The highest BCUT2D eigenvalue weighted by Crippen LogP contribution is 2.49. The van der Waals surface area contributed by atoms with Crippen LogP contribution < -0.4 is 0 Å². The number of amides is 1. The van der Waals surface area contributed by atoms with E-state index in [-0.39, 0.29) is 11.0 Å². The molecular weight excluding hydrogens is 294 g/mol. The minimum absolute atomic E-state index is 0.185. The van der Waals surface area contributed by atoms with Crippen molar-refractivity contribution in [1.82, 2.24) is 4.57 Å². The second-order valence-corrected chi connectivity index (χ2v) is 13.6. The summed E-state index contributed by atoms with van der Waals surface area (Å²) in [6.07, 6.45) is 0.939. The zero-order valence-electron chi connectivity index (χ0n) is 14.0. The first-order chi connectivity index (χ1) is 9.70. The number of hydrogen-bond acceptors (Lipinski definition) is 2. The third kappa shape index (κ3) is 2.93. The molecule has 1 aromatic carbocycles. The van der Waals surface area contributed by atoms with Crippen LogP contribution in [0, 0.1) is 5.92 Å². The summed E-state index contributed by atoms with van der Waals surface area (Å²) >= 11 is 1.86. The van der Waals surface area contributed by atoms with Crippen LogP contribution in [0.5, 0.6) is 0 Å². The lowest BCUT2D eigenvalue weighted by atomic mass is 9.99. The summed E-state index contributed by atoms with van der Waals surface area (Å²) in [5, 5.41) is 0.502. The SMILES string of the molecule is CC[C@@H]1C(=O)N([Si](C)(C)C(C)(C)C)C1Sc1ccccc1. The Morgan fingerprint density at radius 2 is 1.76 bits per heavy atom. The Kier molecular flexibility index (Phi) is 4.59. The third-order valence-corrected chi connectivity index (χ3v) is 11.9. The molecule has 1 amide bonds. The fourth-order valence-corrected chi connectivity index (χ4v) is 7.11. The Hall–Kier alpha value is -0.743. The molecule has 1 saturated heterocycles. The fraction of sp³-hybridized carbons (Fsp3) is 0.588. The number of hydrogen-bond donors (Lipinski definition) is 0. The summed E-state index contributed by atoms with van der Waals surface area (Å²) in [5.74, 6) is 0.557. The molecule has 1 fully saturated rings. The Morgan fingerprint density at radius 1 is 1.19 bits per heavy atom. The van der Waals surface area contributed by atoms with Crippen LogP contribution in [0.15, 0.2) is 35.2 Å². The topological polar surface area (TPSA) is 20.3 Å². The molecule has 1 aliphatic heterocycles. The number of rotatable bonds is 4. The van der Waals surface area contributed by atoms with Crippen molar-refractivity contribution in [3.05, 3.63) is 30.3 Å². The van der Waals surface area contributed by atoms with Crippen LogP contribution in [-0.4, -0.2) is 24.1 Å². The van der Waals surface area contributed by atoms with Gasteiger partial charge in [0.05, 0.1) is 11.3 Å². The number of thioether (sulfide) groups is 1. The predicted octanol–water partition coefficient (Wildman–Crippen LogP) is 4.98. The van der Waals surface area contributed by atoms with Crippen LogP contribution in [0.3, 0.4) is 0 Å². The largest absolute Gasteiger partial charge is 0.356 e. The highest BCUT2D eigenvalue weighted by molar-refractivity contribution is 8.00. The Balaban J connectivity index is 2.26. The van der Waals surface area contributed by atoms with Crippen LogP contribution >= 0.6 is 11.8 Å². The first-order valence-electron chi connectivity index (χ1n) is 7.75. The average molecular weight is 322 g/mol. The molecule has 1 heterocycles. The van der Waals surface area contributed by atoms with Gasteiger partial charge >= 0.3 is 0 Å². The van der Waals surface area contributed by atoms with Gasteiger partial charge in [0.1, 0.15) is 0 Å². The number of benzene rings is 1. The van der Waals surface area contributed by atoms with Crippen molar-refractivity contribution in [2.45, 2.75) is 62.5 Å². The number of β-lactam (4-membered cyclic amide) rings is 1. The van der Waals surface area contributed by atoms with Crippen molar-refractivity contribution in [3.8, 4) is 0 Å². The van der Waals surface area contributed by atoms with Crippen molar-refractivity contribution >= 4 is 25.9 Å². The quantitative estimate of drug-likeness (QED) is 0.576. The molecule has 2 nitrogen and oxygen atoms in total. The summed E-state index contributed by atoms with van der Waals surface area (Å²) in [6, 6.07) is 10.5. The molecule has 1 aliphatic rings. The standard InChI is InChI=1S/C17H27NOSSi/c1-7-14-15(19)18(21(5,6)17(2,3)4)16(14)20-13-11-9-8-10-12-13/h8-12,14,16H,7H2,1-6H3/t14-,16?/m1/s1. The molecule has 0 N–H and O–H groups in total. The Bertz CT molecular complexity index is 509. The molecule has 0 spiro atoms. The molecule has 2 atom stereocenters. The van der Waals surface area contributed by atoms with Gasteiger partial charge in [-0.2, -0.15) is 0 Å². The summed E-state index contributed by atoms with van der Waals surface area (Å²) in [7, 11) is -1.80. The summed E-state index contributed by atoms with van der Waals surface area (Å²) in [6.45, 7) is 13.6. The normalized spacial score (nSPS) is 23.1. The maximum atomic E-state index is 12.6. The molecule has 2 rings (SSSR count). The molecule has 4 heteroatoms. The van der Waals surface area contributed by atoms with E-state index in [1.807, 2.05) is 17.8 Å². The molecule has 1 unspecified atom stereocenters. The minimum Gasteiger partial charge on any atom is -0.356 e. The molecule has 21 heavy (non-hydrogen) atoms. The Labute approximate surface area is 134 Å². The molecule has 0 aromatic heterocycles. The van der Waals surface area contributed by atoms with E-state index >= 15 is 0 Å². The van der Waals surface area contributed by atoms with Gasteiger partial charge in [0, 0.05) is 4.90 Å². The second kappa shape index (κ2) is 5.80. The third-order valence-electron chi connectivity index (χ3n) is 5.03. The van der Waals surface area contributed by atoms with E-state index in [1.54, 1.807) is 0 Å². The van der Waals surface area contributed by atoms with Gasteiger partial charge in [0.15, 0.2) is 8.24 Å². The van der Waals surface area contributed by atoms with Crippen LogP contribution in [0.2, 0.25) is 18.1 Å². The van der Waals surface area contributed by atoms with Gasteiger partial charge < -0.3 is 4.57 Å². The van der Waals surface area contributed by atoms with Crippen molar-refractivity contribution < 1.29 is 4.79 Å². The van der Waals surface area contributed by atoms with E-state index in [2.05, 4.69) is 69.6 Å². The first-order valence-corrected chi connectivity index (χ1v) is 11.6. The lowest BCUT2D eigenvalue weighted by molar-refractivity contribution is -0.143. The van der Waals surface area contributed by atoms with Crippen molar-refractivity contribution in [2.24, 2.45) is 5.92 Å². The van der Waals surface area contributed by atoms with E-state index in [4.69, 9.17) is 0 Å². The maximum Gasteiger partial charge on any atom is 0.221 e. The molecule has 1 aromatic rings. The van der Waals surface area contributed by atoms with E-state index in [9.17, 15) is 4.79 Å². The van der Waals surface area contributed by atoms with Gasteiger partial charge in [-0.1, -0.05) is 59.0 Å². The van der Waals surface area contributed by atoms with E-state index < -0.39 is 8.24 Å². The summed E-state index contributed by atoms with van der Waals surface area (Å²) in [5.41, 5.74) is 0. The fourth-order valence-electron chi connectivity index (χ4n) is 2.63. The van der Waals surface area contributed by atoms with Crippen molar-refractivity contribution in [3.63, 3.8) is 0 Å². The zero-order chi connectivity index (χ0) is 15.8. The lowest BCUT2D eigenvalue weighted by Gasteiger charge is -2.58. The average Bonchev–Trinajstić information content (AvgIpc) is 2.38. The van der Waals surface area contributed by atoms with Crippen LogP contribution in [0.25, 0.3) is 0 Å². The van der Waals surface area contributed by atoms with Crippen LogP contribution in [0.4, 0.5) is 0 Å². The van der Waals surface area contributed by atoms with Gasteiger partial charge in [-0.3, -0.25) is 4.79 Å². The van der Waals surface area contributed by atoms with E-state index in [1.165, 1.54) is 4.90 Å². The van der Waals surface area contributed by atoms with Gasteiger partial charge in [-0.25, -0.2) is 0 Å². The summed E-state index contributed by atoms with van der Waals surface area (Å²) < 4.78 is 2.25. The van der Waals surface area contributed by atoms with Crippen molar-refractivity contribution in [2.75, 3.05) is 0 Å². The summed E-state index contributed by atoms with van der Waals surface area (Å²) in [4.78, 5) is 13.9. The van der Waals surface area contributed by atoms with E-state index in [0.29, 0.717) is 11.3 Å². The molecule has 0 bridgehead atoms. The second-order valence-electron chi connectivity index (χ2n) is 7.35. The molecule has 0 saturated carbocycles. The maximum absolute atomic E-state index is 12.6. The van der Waals surface area contributed by atoms with Gasteiger partial charge in [-0.05, 0) is 23.6 Å². The number of nitrogens with zero attached hydrogens (tertiary/aromatic N) is 1. The lowest BCUT2D eigenvalue weighted by Crippen LogP contribution is -2.71. The van der Waals surface area contributed by atoms with E-state index in [0.717, 1.165) is 6.42 Å². The van der Waals surface area contributed by atoms with Gasteiger partial charge in [0.2, 0.25) is 5.91 Å². The van der Waals surface area contributed by atoms with Gasteiger partial charge in [-0.15, -0.1) is 11.8 Å². The smallest absolute Gasteiger partial charge is 0.221 e. The number of carbonyl (C=O) groups excluding carboxylic acids is 1. The molecule has 0 radical (unpaired) electrons. The molecule has 0 aliphatic carbocycles. The number of carbonyl (C=O) groups is 1. The predicted molar refractivity (Wildman–Crippen MR) is 93.9 cm³/mol. The Morgan fingerprint density at radius 3 is 2.24 bits per heavy atom. The molecule has 116 valence electrons. The highest BCUT2D eigenvalue weighted by atomic mass is 32.2. The minimum atomic E-state index is -1.80. The monoisotopic (exact) mass is 321 g/mol. The van der Waals surface area contributed by atoms with Gasteiger partial charge in [0.25, 0.3) is 0 Å². The van der Waals surface area contributed by atoms with Crippen molar-refractivity contribution in [1.29, 1.82) is 0 Å². The van der Waals surface area contributed by atoms with Crippen LogP contribution in [0.1, 0.15) is 34.1 Å². The first kappa shape index (κ1) is 16.6. The molecular formula is C17H27NOSSi. The zero-order valence-corrected chi connectivity index (χ0v) is 15.8. The highest BCUT2D eigenvalue weighted by Gasteiger charge is 2.56.